The number of alkyl halides is 6. The summed E-state index contributed by atoms with van der Waals surface area (Å²) in [6.07, 6.45) is 0.472. The molecule has 260 valence electrons. The van der Waals surface area contributed by atoms with Crippen molar-refractivity contribution in [3.8, 4) is 11.4 Å². The zero-order chi connectivity index (χ0) is 35.5. The molecule has 2 aliphatic heterocycles. The molecule has 0 bridgehead atoms. The Morgan fingerprint density at radius 3 is 1.53 bits per heavy atom. The number of nitrogens with zero attached hydrogens (tertiary/aromatic N) is 6. The lowest BCUT2D eigenvalue weighted by Gasteiger charge is -2.18. The van der Waals surface area contributed by atoms with Gasteiger partial charge in [0, 0.05) is 59.2 Å². The van der Waals surface area contributed by atoms with Crippen molar-refractivity contribution in [2.75, 3.05) is 19.6 Å². The van der Waals surface area contributed by atoms with Gasteiger partial charge in [0.05, 0.1) is 11.1 Å². The summed E-state index contributed by atoms with van der Waals surface area (Å²) in [6, 6.07) is 9.12. The lowest BCUT2D eigenvalue weighted by molar-refractivity contribution is -0.138. The number of carbonyl (C=O) groups excluding carboxylic acids is 2. The van der Waals surface area contributed by atoms with Crippen LogP contribution < -0.4 is 9.60 Å². The van der Waals surface area contributed by atoms with Gasteiger partial charge < -0.3 is 9.80 Å². The van der Waals surface area contributed by atoms with Gasteiger partial charge in [-0.25, -0.2) is 9.59 Å². The second kappa shape index (κ2) is 14.6. The van der Waals surface area contributed by atoms with Crippen molar-refractivity contribution in [1.82, 2.24) is 18.9 Å². The lowest BCUT2D eigenvalue weighted by Crippen LogP contribution is -2.32. The van der Waals surface area contributed by atoms with E-state index in [0.29, 0.717) is 40.6 Å². The maximum absolute atomic E-state index is 12.7. The number of urea groups is 2. The highest BCUT2D eigenvalue weighted by molar-refractivity contribution is 7.09. The summed E-state index contributed by atoms with van der Waals surface area (Å²) < 4.78 is 79.4. The van der Waals surface area contributed by atoms with Crippen LogP contribution in [0.3, 0.4) is 0 Å². The molecule has 0 aliphatic carbocycles. The quantitative estimate of drug-likeness (QED) is 0.155. The van der Waals surface area contributed by atoms with Crippen LogP contribution in [0.2, 0.25) is 0 Å². The Bertz CT molecular complexity index is 1960. The lowest BCUT2D eigenvalue weighted by atomic mass is 10.2. The number of halogens is 6. The van der Waals surface area contributed by atoms with E-state index in [0.717, 1.165) is 46.9 Å². The van der Waals surface area contributed by atoms with Crippen molar-refractivity contribution >= 4 is 34.7 Å². The predicted octanol–water partition coefficient (Wildman–Crippen LogP) is 8.13. The van der Waals surface area contributed by atoms with E-state index in [1.54, 1.807) is 31.3 Å². The molecule has 0 radical (unpaired) electrons. The number of hydrogen-bond donors (Lipinski definition) is 0. The first-order valence-corrected chi connectivity index (χ1v) is 16.8. The second-order valence-electron chi connectivity index (χ2n) is 11.4. The highest BCUT2D eigenvalue weighted by Gasteiger charge is 2.31. The first-order valence-electron chi connectivity index (χ1n) is 15.2. The van der Waals surface area contributed by atoms with Gasteiger partial charge in [0.1, 0.15) is 0 Å². The van der Waals surface area contributed by atoms with Gasteiger partial charge >= 0.3 is 24.4 Å². The maximum Gasteiger partial charge on any atom is 0.416 e. The van der Waals surface area contributed by atoms with Crippen LogP contribution in [0.5, 0.6) is 0 Å². The maximum atomic E-state index is 12.7. The average Bonchev–Trinajstić information content (AvgIpc) is 3.85. The van der Waals surface area contributed by atoms with Crippen LogP contribution in [-0.2, 0) is 12.4 Å². The van der Waals surface area contributed by atoms with Crippen molar-refractivity contribution in [3.05, 3.63) is 104 Å². The normalized spacial score (nSPS) is 17.1. The number of hydrogen-bond acceptors (Lipinski definition) is 4. The Morgan fingerprint density at radius 2 is 1.14 bits per heavy atom. The topological polar surface area (TPSA) is 75.2 Å². The number of benzene rings is 2. The molecule has 49 heavy (non-hydrogen) atoms. The van der Waals surface area contributed by atoms with Crippen LogP contribution in [0.15, 0.2) is 83.1 Å². The molecule has 2 aromatic heterocycles. The van der Waals surface area contributed by atoms with Crippen molar-refractivity contribution in [2.24, 2.45) is 9.98 Å². The molecule has 8 nitrogen and oxygen atoms in total. The van der Waals surface area contributed by atoms with Gasteiger partial charge in [0.2, 0.25) is 0 Å². The predicted molar refractivity (Wildman–Crippen MR) is 175 cm³/mol. The van der Waals surface area contributed by atoms with Crippen LogP contribution in [0.1, 0.15) is 40.6 Å². The summed E-state index contributed by atoms with van der Waals surface area (Å²) >= 11 is 2.65. The van der Waals surface area contributed by atoms with Crippen molar-refractivity contribution in [2.45, 2.75) is 52.0 Å². The minimum atomic E-state index is -4.38. The molecule has 1 atom stereocenters. The van der Waals surface area contributed by atoms with Crippen LogP contribution in [0, 0.1) is 13.8 Å². The number of carbonyl (C=O) groups is 2. The number of rotatable bonds is 2. The molecule has 2 aliphatic rings. The Hall–Kier alpha value is -4.44. The summed E-state index contributed by atoms with van der Waals surface area (Å²) in [5.41, 5.74) is -0.349. The Kier molecular flexibility index (Phi) is 10.7. The number of aromatic nitrogens is 2. The molecule has 6 rings (SSSR count). The largest absolute Gasteiger partial charge is 0.416 e. The van der Waals surface area contributed by atoms with Gasteiger partial charge in [-0.2, -0.15) is 36.3 Å². The van der Waals surface area contributed by atoms with Crippen LogP contribution in [0.4, 0.5) is 35.9 Å². The van der Waals surface area contributed by atoms with Gasteiger partial charge in [-0.3, -0.25) is 9.13 Å². The Labute approximate surface area is 285 Å². The molecule has 1 saturated heterocycles. The van der Waals surface area contributed by atoms with Crippen LogP contribution >= 0.6 is 22.7 Å². The molecule has 4 amide bonds. The van der Waals surface area contributed by atoms with Crippen LogP contribution in [0.25, 0.3) is 11.4 Å². The van der Waals surface area contributed by atoms with Gasteiger partial charge in [0.15, 0.2) is 9.60 Å². The Balaban J connectivity index is 0.000000191. The third kappa shape index (κ3) is 8.78. The fraction of sp³-hybridized carbons (Fsp3) is 0.333. The number of likely N-dealkylation sites (tertiary alicyclic amines) is 1. The van der Waals surface area contributed by atoms with Crippen molar-refractivity contribution in [1.29, 1.82) is 0 Å². The molecule has 2 aromatic carbocycles. The summed E-state index contributed by atoms with van der Waals surface area (Å²) in [5, 5.41) is 0. The molecular weight excluding hydrogens is 691 g/mol. The average molecular weight is 723 g/mol. The smallest absolute Gasteiger partial charge is 0.320 e. The van der Waals surface area contributed by atoms with E-state index in [9.17, 15) is 35.9 Å². The number of amides is 4. The van der Waals surface area contributed by atoms with E-state index < -0.39 is 23.5 Å². The van der Waals surface area contributed by atoms with Gasteiger partial charge in [-0.05, 0) is 82.1 Å². The van der Waals surface area contributed by atoms with E-state index in [1.165, 1.54) is 46.9 Å². The first-order chi connectivity index (χ1) is 23.1. The van der Waals surface area contributed by atoms with E-state index >= 15 is 0 Å². The molecular formula is C33H32F6N6O2S2. The second-order valence-corrected chi connectivity index (χ2v) is 13.9. The molecule has 4 heterocycles. The molecule has 0 saturated carbocycles. The summed E-state index contributed by atoms with van der Waals surface area (Å²) in [6.45, 7) is 7.44. The number of aryl methyl sites for hydroxylation is 2. The minimum absolute atomic E-state index is 0.164. The standard InChI is InChI=1S/C17H18F3N3OS.C16H14F3N3OS/c1-11-4-3-9-22(11)15(24)21-16-23(10-12(2)25-16)14-7-5-13(6-8-14)17(18,19)20;1-11-10-22(13-6-4-12(5-7-13)16(17,18)19)15(24-11)20-14(23)21-8-2-3-9-21/h5-8,10-11H,3-4,9H2,1-2H3;2-7,10H,8-9H2,1H3/t11-;/m0./s1. The molecule has 1 fully saturated rings. The highest BCUT2D eigenvalue weighted by Crippen LogP contribution is 2.30. The van der Waals surface area contributed by atoms with E-state index in [2.05, 4.69) is 9.98 Å². The molecule has 16 heteroatoms. The SMILES string of the molecule is Cc1cn(-c2ccc(C(F)(F)F)cc2)c(=NC(=O)N2CC=CC2)s1.Cc1cn(-c2ccc(C(F)(F)F)cc2)c(=NC(=O)N2CCC[C@@H]2C)s1. The van der Waals surface area contributed by atoms with Crippen molar-refractivity contribution < 1.29 is 35.9 Å². The first kappa shape index (κ1) is 35.9. The highest BCUT2D eigenvalue weighted by atomic mass is 32.1. The van der Waals surface area contributed by atoms with Crippen molar-refractivity contribution in [3.63, 3.8) is 0 Å². The zero-order valence-corrected chi connectivity index (χ0v) is 28.3. The molecule has 4 aromatic rings. The Morgan fingerprint density at radius 1 is 0.714 bits per heavy atom. The molecule has 0 spiro atoms. The third-order valence-electron chi connectivity index (χ3n) is 7.75. The fourth-order valence-electron chi connectivity index (χ4n) is 5.21. The fourth-order valence-corrected chi connectivity index (χ4v) is 6.86. The van der Waals surface area contributed by atoms with E-state index in [1.807, 2.05) is 32.9 Å². The molecule has 0 unspecified atom stereocenters. The zero-order valence-electron chi connectivity index (χ0n) is 26.6. The summed E-state index contributed by atoms with van der Waals surface area (Å²) in [5.74, 6) is 0. The van der Waals surface area contributed by atoms with Gasteiger partial charge in [0.25, 0.3) is 0 Å². The van der Waals surface area contributed by atoms with Crippen LogP contribution in [-0.4, -0.2) is 56.7 Å². The minimum Gasteiger partial charge on any atom is -0.320 e. The summed E-state index contributed by atoms with van der Waals surface area (Å²) in [7, 11) is 0. The van der Waals surface area contributed by atoms with Gasteiger partial charge in [-0.15, -0.1) is 22.7 Å². The monoisotopic (exact) mass is 722 g/mol. The molecule has 0 N–H and O–H groups in total. The third-order valence-corrected chi connectivity index (χ3v) is 9.55. The van der Waals surface area contributed by atoms with E-state index in [4.69, 9.17) is 0 Å². The van der Waals surface area contributed by atoms with Gasteiger partial charge in [-0.1, -0.05) is 12.2 Å². The summed E-state index contributed by atoms with van der Waals surface area (Å²) in [4.78, 5) is 38.9. The number of thiazole rings is 2. The van der Waals surface area contributed by atoms with E-state index in [-0.39, 0.29) is 18.1 Å².